The summed E-state index contributed by atoms with van der Waals surface area (Å²) in [4.78, 5) is 16.9. The van der Waals surface area contributed by atoms with Crippen molar-refractivity contribution in [2.45, 2.75) is 6.92 Å². The molecule has 0 amide bonds. The number of carbonyl (C=O) groups excluding carboxylic acids is 1. The maximum absolute atomic E-state index is 10.8. The predicted octanol–water partition coefficient (Wildman–Crippen LogP) is 4.49. The SMILES string of the molecule is Cc1sc2nc(C=O)cn2c1-c1ccc(Cl)c(Cl)c1. The van der Waals surface area contributed by atoms with Crippen LogP contribution in [0.5, 0.6) is 0 Å². The Balaban J connectivity index is 2.27. The Morgan fingerprint density at radius 1 is 1.32 bits per heavy atom. The van der Waals surface area contributed by atoms with Gasteiger partial charge >= 0.3 is 0 Å². The summed E-state index contributed by atoms with van der Waals surface area (Å²) >= 11 is 13.5. The second-order valence-corrected chi connectivity index (χ2v) is 6.07. The number of hydrogen-bond donors (Lipinski definition) is 0. The van der Waals surface area contributed by atoms with Gasteiger partial charge in [0.15, 0.2) is 11.2 Å². The number of thiazole rings is 1. The first-order chi connectivity index (χ1) is 9.10. The summed E-state index contributed by atoms with van der Waals surface area (Å²) in [6.07, 6.45) is 2.47. The minimum atomic E-state index is 0.424. The molecule has 3 nitrogen and oxygen atoms in total. The molecule has 0 saturated carbocycles. The molecule has 6 heteroatoms. The number of carbonyl (C=O) groups is 1. The van der Waals surface area contributed by atoms with Crippen LogP contribution in [0.1, 0.15) is 15.4 Å². The van der Waals surface area contributed by atoms with Gasteiger partial charge in [0.05, 0.1) is 15.7 Å². The van der Waals surface area contributed by atoms with Crippen LogP contribution in [0.25, 0.3) is 16.2 Å². The van der Waals surface area contributed by atoms with E-state index in [2.05, 4.69) is 4.98 Å². The van der Waals surface area contributed by atoms with E-state index in [1.165, 1.54) is 11.3 Å². The van der Waals surface area contributed by atoms with Crippen molar-refractivity contribution in [1.82, 2.24) is 9.38 Å². The second kappa shape index (κ2) is 4.63. The van der Waals surface area contributed by atoms with Gasteiger partial charge in [0.25, 0.3) is 0 Å². The first-order valence-electron chi connectivity index (χ1n) is 5.49. The summed E-state index contributed by atoms with van der Waals surface area (Å²) in [7, 11) is 0. The zero-order valence-corrected chi connectivity index (χ0v) is 12.2. The molecule has 0 aliphatic carbocycles. The average molecular weight is 311 g/mol. The van der Waals surface area contributed by atoms with Gasteiger partial charge in [-0.2, -0.15) is 0 Å². The highest BCUT2D eigenvalue weighted by molar-refractivity contribution is 7.17. The molecule has 0 spiro atoms. The van der Waals surface area contributed by atoms with Crippen molar-refractivity contribution >= 4 is 45.8 Å². The van der Waals surface area contributed by atoms with E-state index in [4.69, 9.17) is 23.2 Å². The Labute approximate surface area is 123 Å². The summed E-state index contributed by atoms with van der Waals surface area (Å²) in [5.41, 5.74) is 2.36. The fourth-order valence-electron chi connectivity index (χ4n) is 2.01. The first-order valence-corrected chi connectivity index (χ1v) is 7.06. The van der Waals surface area contributed by atoms with Crippen molar-refractivity contribution < 1.29 is 4.79 Å². The Hall–Kier alpha value is -1.36. The maximum Gasteiger partial charge on any atom is 0.195 e. The minimum absolute atomic E-state index is 0.424. The molecule has 2 aromatic heterocycles. The van der Waals surface area contributed by atoms with Crippen LogP contribution in [0.3, 0.4) is 0 Å². The molecule has 1 aromatic carbocycles. The lowest BCUT2D eigenvalue weighted by atomic mass is 10.1. The number of benzene rings is 1. The first kappa shape index (κ1) is 12.7. The van der Waals surface area contributed by atoms with Gasteiger partial charge in [0.2, 0.25) is 0 Å². The number of aromatic nitrogens is 2. The third-order valence-corrected chi connectivity index (χ3v) is 4.53. The summed E-state index contributed by atoms with van der Waals surface area (Å²) < 4.78 is 1.91. The van der Waals surface area contributed by atoms with Crippen LogP contribution in [-0.4, -0.2) is 15.7 Å². The molecule has 0 aliphatic heterocycles. The van der Waals surface area contributed by atoms with Gasteiger partial charge in [0, 0.05) is 16.6 Å². The van der Waals surface area contributed by atoms with E-state index >= 15 is 0 Å². The topological polar surface area (TPSA) is 34.4 Å². The highest BCUT2D eigenvalue weighted by Gasteiger charge is 2.14. The molecule has 0 aliphatic rings. The highest BCUT2D eigenvalue weighted by Crippen LogP contribution is 2.34. The lowest BCUT2D eigenvalue weighted by Gasteiger charge is -2.04. The summed E-state index contributed by atoms with van der Waals surface area (Å²) in [6, 6.07) is 5.49. The van der Waals surface area contributed by atoms with E-state index < -0.39 is 0 Å². The van der Waals surface area contributed by atoms with Crippen molar-refractivity contribution in [3.05, 3.63) is 45.0 Å². The van der Waals surface area contributed by atoms with Crippen molar-refractivity contribution in [3.63, 3.8) is 0 Å². The standard InChI is InChI=1S/C13H8Cl2N2OS/c1-7-12(8-2-3-10(14)11(15)4-8)17-5-9(6-18)16-13(17)19-7/h2-6H,1H3. The molecule has 0 N–H and O–H groups in total. The fraction of sp³-hybridized carbons (Fsp3) is 0.0769. The third kappa shape index (κ3) is 2.06. The van der Waals surface area contributed by atoms with E-state index in [9.17, 15) is 4.79 Å². The molecule has 2 heterocycles. The third-order valence-electron chi connectivity index (χ3n) is 2.82. The van der Waals surface area contributed by atoms with Crippen LogP contribution in [0.4, 0.5) is 0 Å². The molecule has 0 atom stereocenters. The molecule has 3 aromatic rings. The van der Waals surface area contributed by atoms with E-state index in [0.29, 0.717) is 15.7 Å². The number of rotatable bonds is 2. The smallest absolute Gasteiger partial charge is 0.195 e. The fourth-order valence-corrected chi connectivity index (χ4v) is 3.29. The molecule has 19 heavy (non-hydrogen) atoms. The molecule has 96 valence electrons. The van der Waals surface area contributed by atoms with E-state index in [0.717, 1.165) is 27.4 Å². The van der Waals surface area contributed by atoms with Gasteiger partial charge in [-0.3, -0.25) is 9.20 Å². The molecule has 0 fully saturated rings. The molecule has 0 unspecified atom stereocenters. The summed E-state index contributed by atoms with van der Waals surface area (Å²) in [6.45, 7) is 2.01. The largest absolute Gasteiger partial charge is 0.296 e. The molecule has 0 radical (unpaired) electrons. The molecular formula is C13H8Cl2N2OS. The van der Waals surface area contributed by atoms with Gasteiger partial charge in [0.1, 0.15) is 5.69 Å². The van der Waals surface area contributed by atoms with Crippen LogP contribution in [0.15, 0.2) is 24.4 Å². The Morgan fingerprint density at radius 2 is 2.11 bits per heavy atom. The van der Waals surface area contributed by atoms with Crippen LogP contribution in [0.2, 0.25) is 10.0 Å². The second-order valence-electron chi connectivity index (χ2n) is 4.07. The maximum atomic E-state index is 10.8. The monoisotopic (exact) mass is 310 g/mol. The van der Waals surface area contributed by atoms with E-state index in [-0.39, 0.29) is 0 Å². The van der Waals surface area contributed by atoms with E-state index in [1.807, 2.05) is 23.5 Å². The number of nitrogens with zero attached hydrogens (tertiary/aromatic N) is 2. The Bertz CT molecular complexity index is 791. The van der Waals surface area contributed by atoms with Crippen molar-refractivity contribution in [1.29, 1.82) is 0 Å². The van der Waals surface area contributed by atoms with Gasteiger partial charge in [-0.1, -0.05) is 29.3 Å². The van der Waals surface area contributed by atoms with Gasteiger partial charge in [-0.25, -0.2) is 4.98 Å². The average Bonchev–Trinajstić information content (AvgIpc) is 2.89. The number of hydrogen-bond acceptors (Lipinski definition) is 3. The molecule has 0 saturated heterocycles. The Kier molecular flexibility index (Phi) is 3.09. The van der Waals surface area contributed by atoms with Crippen molar-refractivity contribution in [3.8, 4) is 11.3 Å². The van der Waals surface area contributed by atoms with Crippen molar-refractivity contribution in [2.75, 3.05) is 0 Å². The number of imidazole rings is 1. The molecule has 3 rings (SSSR count). The minimum Gasteiger partial charge on any atom is -0.296 e. The van der Waals surface area contributed by atoms with Gasteiger partial charge in [-0.15, -0.1) is 11.3 Å². The quantitative estimate of drug-likeness (QED) is 0.653. The van der Waals surface area contributed by atoms with Crippen LogP contribution in [-0.2, 0) is 0 Å². The van der Waals surface area contributed by atoms with Crippen LogP contribution >= 0.6 is 34.5 Å². The zero-order chi connectivity index (χ0) is 13.6. The summed E-state index contributed by atoms with van der Waals surface area (Å²) in [5, 5.41) is 1.03. The zero-order valence-electron chi connectivity index (χ0n) is 9.85. The summed E-state index contributed by atoms with van der Waals surface area (Å²) in [5.74, 6) is 0. The number of halogens is 2. The lowest BCUT2D eigenvalue weighted by molar-refractivity contribution is 0.111. The van der Waals surface area contributed by atoms with Gasteiger partial charge in [-0.05, 0) is 19.1 Å². The molecular weight excluding hydrogens is 303 g/mol. The lowest BCUT2D eigenvalue weighted by Crippen LogP contribution is -1.87. The number of aryl methyl sites for hydroxylation is 1. The number of fused-ring (bicyclic) bond motifs is 1. The number of aldehydes is 1. The van der Waals surface area contributed by atoms with Gasteiger partial charge < -0.3 is 0 Å². The van der Waals surface area contributed by atoms with E-state index in [1.54, 1.807) is 12.3 Å². The van der Waals surface area contributed by atoms with Crippen LogP contribution in [0, 0.1) is 6.92 Å². The van der Waals surface area contributed by atoms with Crippen LogP contribution < -0.4 is 0 Å². The Morgan fingerprint density at radius 3 is 2.79 bits per heavy atom. The molecule has 0 bridgehead atoms. The predicted molar refractivity (Wildman–Crippen MR) is 78.6 cm³/mol. The van der Waals surface area contributed by atoms with Crippen molar-refractivity contribution in [2.24, 2.45) is 0 Å². The highest BCUT2D eigenvalue weighted by atomic mass is 35.5. The normalized spacial score (nSPS) is 11.1.